The fraction of sp³-hybridized carbons (Fsp3) is 0.692. The van der Waals surface area contributed by atoms with Crippen molar-refractivity contribution in [2.24, 2.45) is 5.92 Å². The molecule has 4 heteroatoms. The Balaban J connectivity index is 2.08. The average Bonchev–Trinajstić information content (AvgIpc) is 3.14. The molecule has 2 rings (SSSR count). The Kier molecular flexibility index (Phi) is 3.82. The predicted octanol–water partition coefficient (Wildman–Crippen LogP) is 2.53. The van der Waals surface area contributed by atoms with Crippen LogP contribution in [0.2, 0.25) is 0 Å². The lowest BCUT2D eigenvalue weighted by Crippen LogP contribution is -2.28. The van der Waals surface area contributed by atoms with Crippen LogP contribution >= 0.6 is 0 Å². The van der Waals surface area contributed by atoms with Crippen LogP contribution in [-0.4, -0.2) is 29.6 Å². The predicted molar refractivity (Wildman–Crippen MR) is 71.4 cm³/mol. The lowest BCUT2D eigenvalue weighted by molar-refractivity contribution is 0.568. The van der Waals surface area contributed by atoms with E-state index in [1.54, 1.807) is 6.20 Å². The molecule has 1 aliphatic carbocycles. The summed E-state index contributed by atoms with van der Waals surface area (Å²) >= 11 is 0. The van der Waals surface area contributed by atoms with E-state index in [4.69, 9.17) is 0 Å². The van der Waals surface area contributed by atoms with Gasteiger partial charge in [-0.3, -0.25) is 4.98 Å². The van der Waals surface area contributed by atoms with Crippen LogP contribution in [-0.2, 0) is 0 Å². The Bertz CT molecular complexity index is 360. The maximum absolute atomic E-state index is 4.58. The number of hydrogen-bond donors (Lipinski definition) is 1. The zero-order chi connectivity index (χ0) is 12.3. The van der Waals surface area contributed by atoms with E-state index in [-0.39, 0.29) is 0 Å². The Labute approximate surface area is 103 Å². The van der Waals surface area contributed by atoms with Crippen LogP contribution in [0.3, 0.4) is 0 Å². The van der Waals surface area contributed by atoms with E-state index in [1.165, 1.54) is 19.3 Å². The summed E-state index contributed by atoms with van der Waals surface area (Å²) in [5.41, 5.74) is 0. The highest BCUT2D eigenvalue weighted by atomic mass is 15.2. The molecule has 1 aliphatic rings. The molecule has 94 valence electrons. The fourth-order valence-electron chi connectivity index (χ4n) is 1.88. The molecule has 0 unspecified atom stereocenters. The van der Waals surface area contributed by atoms with Gasteiger partial charge in [-0.1, -0.05) is 13.8 Å². The van der Waals surface area contributed by atoms with E-state index in [1.807, 2.05) is 13.2 Å². The molecule has 0 bridgehead atoms. The van der Waals surface area contributed by atoms with Gasteiger partial charge in [-0.05, 0) is 25.2 Å². The minimum atomic E-state index is 0.690. The second-order valence-corrected chi connectivity index (χ2v) is 5.12. The summed E-state index contributed by atoms with van der Waals surface area (Å²) in [6, 6.07) is 0.690. The normalized spacial score (nSPS) is 15.1. The highest BCUT2D eigenvalue weighted by molar-refractivity contribution is 5.45. The number of anilines is 2. The van der Waals surface area contributed by atoms with E-state index >= 15 is 0 Å². The lowest BCUT2D eigenvalue weighted by atomic mass is 10.1. The monoisotopic (exact) mass is 234 g/mol. The number of nitrogens with zero attached hydrogens (tertiary/aromatic N) is 3. The van der Waals surface area contributed by atoms with Gasteiger partial charge in [0.15, 0.2) is 0 Å². The van der Waals surface area contributed by atoms with Gasteiger partial charge in [0.2, 0.25) is 0 Å². The zero-order valence-corrected chi connectivity index (χ0v) is 11.0. The third-order valence-electron chi connectivity index (χ3n) is 3.11. The van der Waals surface area contributed by atoms with E-state index < -0.39 is 0 Å². The lowest BCUT2D eigenvalue weighted by Gasteiger charge is -2.24. The highest BCUT2D eigenvalue weighted by Crippen LogP contribution is 2.31. The van der Waals surface area contributed by atoms with Gasteiger partial charge in [0.1, 0.15) is 11.6 Å². The second kappa shape index (κ2) is 5.34. The molecule has 1 saturated carbocycles. The van der Waals surface area contributed by atoms with Crippen LogP contribution in [0.25, 0.3) is 0 Å². The van der Waals surface area contributed by atoms with Crippen molar-refractivity contribution in [2.75, 3.05) is 23.8 Å². The maximum atomic E-state index is 4.58. The molecule has 0 spiro atoms. The number of aromatic nitrogens is 2. The molecule has 0 amide bonds. The summed E-state index contributed by atoms with van der Waals surface area (Å²) in [5, 5.41) is 3.05. The van der Waals surface area contributed by atoms with Gasteiger partial charge < -0.3 is 10.2 Å². The Morgan fingerprint density at radius 2 is 2.18 bits per heavy atom. The molecule has 0 saturated heterocycles. The van der Waals surface area contributed by atoms with Crippen LogP contribution in [0.5, 0.6) is 0 Å². The molecule has 1 fully saturated rings. The number of hydrogen-bond acceptors (Lipinski definition) is 4. The Morgan fingerprint density at radius 1 is 1.41 bits per heavy atom. The van der Waals surface area contributed by atoms with Crippen LogP contribution in [0.1, 0.15) is 33.1 Å². The van der Waals surface area contributed by atoms with Gasteiger partial charge in [0.25, 0.3) is 0 Å². The van der Waals surface area contributed by atoms with E-state index in [0.29, 0.717) is 6.04 Å². The third kappa shape index (κ3) is 3.32. The first-order valence-corrected chi connectivity index (χ1v) is 6.47. The molecule has 0 aromatic carbocycles. The minimum absolute atomic E-state index is 0.690. The molecule has 0 aliphatic heterocycles. The van der Waals surface area contributed by atoms with Crippen LogP contribution < -0.4 is 10.2 Å². The average molecular weight is 234 g/mol. The molecular weight excluding hydrogens is 212 g/mol. The fourth-order valence-corrected chi connectivity index (χ4v) is 1.88. The van der Waals surface area contributed by atoms with Crippen molar-refractivity contribution < 1.29 is 0 Å². The standard InChI is InChI=1S/C13H22N4/c1-10(2)6-7-17(11-4-5-11)13-9-15-8-12(14-3)16-13/h8-11H,4-7H2,1-3H3,(H,14,16). The summed E-state index contributed by atoms with van der Waals surface area (Å²) < 4.78 is 0. The van der Waals surface area contributed by atoms with E-state index in [2.05, 4.69) is 34.0 Å². The van der Waals surface area contributed by atoms with Crippen molar-refractivity contribution in [3.8, 4) is 0 Å². The molecule has 1 N–H and O–H groups in total. The summed E-state index contributed by atoms with van der Waals surface area (Å²) in [6.07, 6.45) is 7.44. The smallest absolute Gasteiger partial charge is 0.149 e. The van der Waals surface area contributed by atoms with E-state index in [0.717, 1.165) is 24.1 Å². The van der Waals surface area contributed by atoms with Gasteiger partial charge >= 0.3 is 0 Å². The largest absolute Gasteiger partial charge is 0.372 e. The van der Waals surface area contributed by atoms with Crippen molar-refractivity contribution >= 4 is 11.6 Å². The van der Waals surface area contributed by atoms with E-state index in [9.17, 15) is 0 Å². The van der Waals surface area contributed by atoms with Crippen LogP contribution in [0.4, 0.5) is 11.6 Å². The molecule has 4 nitrogen and oxygen atoms in total. The number of rotatable bonds is 6. The molecule has 17 heavy (non-hydrogen) atoms. The minimum Gasteiger partial charge on any atom is -0.372 e. The van der Waals surface area contributed by atoms with Crippen molar-refractivity contribution in [3.63, 3.8) is 0 Å². The first-order chi connectivity index (χ1) is 8.20. The summed E-state index contributed by atoms with van der Waals surface area (Å²) in [7, 11) is 1.88. The highest BCUT2D eigenvalue weighted by Gasteiger charge is 2.30. The Morgan fingerprint density at radius 3 is 2.76 bits per heavy atom. The molecular formula is C13H22N4. The van der Waals surface area contributed by atoms with Gasteiger partial charge in [0.05, 0.1) is 12.4 Å². The van der Waals surface area contributed by atoms with Crippen LogP contribution in [0, 0.1) is 5.92 Å². The first kappa shape index (κ1) is 12.1. The zero-order valence-electron chi connectivity index (χ0n) is 11.0. The van der Waals surface area contributed by atoms with Crippen molar-refractivity contribution in [3.05, 3.63) is 12.4 Å². The molecule has 1 aromatic rings. The second-order valence-electron chi connectivity index (χ2n) is 5.12. The third-order valence-corrected chi connectivity index (χ3v) is 3.11. The van der Waals surface area contributed by atoms with Crippen molar-refractivity contribution in [1.82, 2.24) is 9.97 Å². The molecule has 1 heterocycles. The summed E-state index contributed by atoms with van der Waals surface area (Å²) in [5.74, 6) is 2.59. The van der Waals surface area contributed by atoms with Gasteiger partial charge in [-0.2, -0.15) is 0 Å². The summed E-state index contributed by atoms with van der Waals surface area (Å²) in [6.45, 7) is 5.62. The first-order valence-electron chi connectivity index (χ1n) is 6.47. The topological polar surface area (TPSA) is 41.1 Å². The maximum Gasteiger partial charge on any atom is 0.149 e. The molecule has 0 atom stereocenters. The van der Waals surface area contributed by atoms with Gasteiger partial charge in [-0.15, -0.1) is 0 Å². The Hall–Kier alpha value is -1.32. The van der Waals surface area contributed by atoms with Crippen molar-refractivity contribution in [2.45, 2.75) is 39.2 Å². The quantitative estimate of drug-likeness (QED) is 0.821. The van der Waals surface area contributed by atoms with Gasteiger partial charge in [0, 0.05) is 19.6 Å². The molecule has 0 radical (unpaired) electrons. The van der Waals surface area contributed by atoms with Gasteiger partial charge in [-0.25, -0.2) is 4.98 Å². The SMILES string of the molecule is CNc1cncc(N(CCC(C)C)C2CC2)n1. The molecule has 1 aromatic heterocycles. The van der Waals surface area contributed by atoms with Crippen LogP contribution in [0.15, 0.2) is 12.4 Å². The number of nitrogens with one attached hydrogen (secondary N) is 1. The summed E-state index contributed by atoms with van der Waals surface area (Å²) in [4.78, 5) is 11.2. The van der Waals surface area contributed by atoms with Crippen molar-refractivity contribution in [1.29, 1.82) is 0 Å².